The maximum atomic E-state index is 2.39. The van der Waals surface area contributed by atoms with Crippen LogP contribution in [0.1, 0.15) is 42.9 Å². The Balaban J connectivity index is 2.41. The van der Waals surface area contributed by atoms with Gasteiger partial charge >= 0.3 is 0 Å². The number of hydrogen-bond acceptors (Lipinski definition) is 0. The first kappa shape index (κ1) is 7.85. The molecule has 0 spiro atoms. The van der Waals surface area contributed by atoms with E-state index < -0.39 is 0 Å². The molecule has 1 aromatic rings. The molecule has 12 heavy (non-hydrogen) atoms. The minimum absolute atomic E-state index is 0.797. The molecular formula is C12H16. The van der Waals surface area contributed by atoms with Crippen molar-refractivity contribution >= 4 is 0 Å². The Hall–Kier alpha value is -0.780. The third-order valence-corrected chi connectivity index (χ3v) is 2.99. The van der Waals surface area contributed by atoms with Crippen LogP contribution in [0.3, 0.4) is 0 Å². The van der Waals surface area contributed by atoms with Gasteiger partial charge in [0.15, 0.2) is 0 Å². The van der Waals surface area contributed by atoms with E-state index in [2.05, 4.69) is 32.0 Å². The van der Waals surface area contributed by atoms with Crippen LogP contribution in [0, 0.1) is 0 Å². The van der Waals surface area contributed by atoms with Gasteiger partial charge in [-0.2, -0.15) is 0 Å². The molecule has 0 N–H and O–H groups in total. The van der Waals surface area contributed by atoms with Crippen LogP contribution in [0.25, 0.3) is 0 Å². The highest BCUT2D eigenvalue weighted by molar-refractivity contribution is 5.37. The molecule has 0 heteroatoms. The molecule has 0 radical (unpaired) electrons. The molecule has 0 aliphatic heterocycles. The van der Waals surface area contributed by atoms with Crippen LogP contribution in [-0.2, 0) is 12.8 Å². The van der Waals surface area contributed by atoms with Crippen molar-refractivity contribution in [2.75, 3.05) is 0 Å². The fourth-order valence-corrected chi connectivity index (χ4v) is 2.10. The fourth-order valence-electron chi connectivity index (χ4n) is 2.10. The molecule has 0 heterocycles. The van der Waals surface area contributed by atoms with Gasteiger partial charge in [0.05, 0.1) is 0 Å². The van der Waals surface area contributed by atoms with Gasteiger partial charge in [0.1, 0.15) is 0 Å². The summed E-state index contributed by atoms with van der Waals surface area (Å²) < 4.78 is 0. The molecule has 1 aliphatic carbocycles. The number of fused-ring (bicyclic) bond motifs is 1. The third-order valence-electron chi connectivity index (χ3n) is 2.99. The molecular weight excluding hydrogens is 144 g/mol. The lowest BCUT2D eigenvalue weighted by atomic mass is 10.0. The molecule has 2 rings (SSSR count). The van der Waals surface area contributed by atoms with Crippen LogP contribution >= 0.6 is 0 Å². The minimum Gasteiger partial charge on any atom is -0.0613 e. The summed E-state index contributed by atoms with van der Waals surface area (Å²) in [5.74, 6) is 0.797. The molecule has 64 valence electrons. The maximum absolute atomic E-state index is 2.39. The Bertz CT molecular complexity index is 286. The zero-order chi connectivity index (χ0) is 8.55. The summed E-state index contributed by atoms with van der Waals surface area (Å²) >= 11 is 0. The van der Waals surface area contributed by atoms with Gasteiger partial charge in [-0.3, -0.25) is 0 Å². The summed E-state index contributed by atoms with van der Waals surface area (Å²) in [4.78, 5) is 0. The number of hydrogen-bond donors (Lipinski definition) is 0. The van der Waals surface area contributed by atoms with Crippen LogP contribution in [0.2, 0.25) is 0 Å². The predicted octanol–water partition coefficient (Wildman–Crippen LogP) is 3.30. The summed E-state index contributed by atoms with van der Waals surface area (Å²) in [5, 5.41) is 0. The number of benzene rings is 1. The van der Waals surface area contributed by atoms with E-state index in [0.29, 0.717) is 0 Å². The average Bonchev–Trinajstić information content (AvgIpc) is 2.47. The van der Waals surface area contributed by atoms with Gasteiger partial charge in [-0.1, -0.05) is 32.0 Å². The van der Waals surface area contributed by atoms with Crippen molar-refractivity contribution in [2.45, 2.75) is 39.0 Å². The van der Waals surface area contributed by atoms with Crippen LogP contribution in [-0.4, -0.2) is 0 Å². The number of aryl methyl sites for hydroxylation is 2. The summed E-state index contributed by atoms with van der Waals surface area (Å²) in [6.45, 7) is 4.55. The van der Waals surface area contributed by atoms with Crippen molar-refractivity contribution in [3.63, 3.8) is 0 Å². The van der Waals surface area contributed by atoms with E-state index >= 15 is 0 Å². The topological polar surface area (TPSA) is 0 Å². The standard InChI is InChI=1S/C12H16/c1-3-10-5-7-12-9(2)4-6-11(12)8-10/h5,7-9H,3-4,6H2,1-2H3. The van der Waals surface area contributed by atoms with Crippen LogP contribution in [0.15, 0.2) is 18.2 Å². The van der Waals surface area contributed by atoms with E-state index in [1.165, 1.54) is 24.8 Å². The molecule has 0 aromatic heterocycles. The van der Waals surface area contributed by atoms with E-state index in [0.717, 1.165) is 5.92 Å². The highest BCUT2D eigenvalue weighted by Crippen LogP contribution is 2.32. The second-order valence-electron chi connectivity index (χ2n) is 3.83. The van der Waals surface area contributed by atoms with Gasteiger partial charge in [0.25, 0.3) is 0 Å². The van der Waals surface area contributed by atoms with Gasteiger partial charge in [-0.05, 0) is 41.9 Å². The van der Waals surface area contributed by atoms with E-state index in [-0.39, 0.29) is 0 Å². The molecule has 1 atom stereocenters. The van der Waals surface area contributed by atoms with E-state index in [9.17, 15) is 0 Å². The van der Waals surface area contributed by atoms with Crippen molar-refractivity contribution in [3.8, 4) is 0 Å². The Kier molecular flexibility index (Phi) is 1.92. The van der Waals surface area contributed by atoms with E-state index in [1.807, 2.05) is 0 Å². The second kappa shape index (κ2) is 2.93. The first-order valence-corrected chi connectivity index (χ1v) is 4.93. The van der Waals surface area contributed by atoms with E-state index in [1.54, 1.807) is 11.1 Å². The monoisotopic (exact) mass is 160 g/mol. The zero-order valence-corrected chi connectivity index (χ0v) is 7.93. The first-order valence-electron chi connectivity index (χ1n) is 4.93. The number of rotatable bonds is 1. The van der Waals surface area contributed by atoms with Crippen molar-refractivity contribution in [1.82, 2.24) is 0 Å². The van der Waals surface area contributed by atoms with Crippen molar-refractivity contribution in [2.24, 2.45) is 0 Å². The molecule has 0 bridgehead atoms. The Morgan fingerprint density at radius 1 is 1.42 bits per heavy atom. The highest BCUT2D eigenvalue weighted by Gasteiger charge is 2.17. The van der Waals surface area contributed by atoms with Crippen LogP contribution in [0.5, 0.6) is 0 Å². The molecule has 0 saturated heterocycles. The first-order chi connectivity index (χ1) is 5.81. The van der Waals surface area contributed by atoms with Gasteiger partial charge in [-0.15, -0.1) is 0 Å². The smallest absolute Gasteiger partial charge is 0.0184 e. The minimum atomic E-state index is 0.797. The molecule has 0 fully saturated rings. The highest BCUT2D eigenvalue weighted by atomic mass is 14.2. The predicted molar refractivity (Wildman–Crippen MR) is 52.6 cm³/mol. The summed E-state index contributed by atoms with van der Waals surface area (Å²) in [6.07, 6.45) is 3.81. The van der Waals surface area contributed by atoms with Gasteiger partial charge in [0.2, 0.25) is 0 Å². The van der Waals surface area contributed by atoms with Crippen molar-refractivity contribution in [3.05, 3.63) is 34.9 Å². The van der Waals surface area contributed by atoms with E-state index in [4.69, 9.17) is 0 Å². The molecule has 0 nitrogen and oxygen atoms in total. The normalized spacial score (nSPS) is 21.0. The van der Waals surface area contributed by atoms with Crippen LogP contribution in [0.4, 0.5) is 0 Å². The molecule has 0 amide bonds. The van der Waals surface area contributed by atoms with Crippen LogP contribution < -0.4 is 0 Å². The summed E-state index contributed by atoms with van der Waals surface area (Å²) in [6, 6.07) is 6.99. The average molecular weight is 160 g/mol. The largest absolute Gasteiger partial charge is 0.0613 e. The van der Waals surface area contributed by atoms with Crippen molar-refractivity contribution < 1.29 is 0 Å². The molecule has 1 unspecified atom stereocenters. The lowest BCUT2D eigenvalue weighted by Gasteiger charge is -2.05. The Morgan fingerprint density at radius 3 is 3.00 bits per heavy atom. The summed E-state index contributed by atoms with van der Waals surface area (Å²) in [7, 11) is 0. The Morgan fingerprint density at radius 2 is 2.25 bits per heavy atom. The zero-order valence-electron chi connectivity index (χ0n) is 7.93. The lowest BCUT2D eigenvalue weighted by Crippen LogP contribution is -1.88. The van der Waals surface area contributed by atoms with Gasteiger partial charge < -0.3 is 0 Å². The molecule has 0 saturated carbocycles. The lowest BCUT2D eigenvalue weighted by molar-refractivity contribution is 0.747. The van der Waals surface area contributed by atoms with Gasteiger partial charge in [0, 0.05) is 0 Å². The SMILES string of the molecule is CCc1ccc2c(c1)CCC2C. The fraction of sp³-hybridized carbons (Fsp3) is 0.500. The summed E-state index contributed by atoms with van der Waals surface area (Å²) in [5.41, 5.74) is 4.68. The van der Waals surface area contributed by atoms with Crippen molar-refractivity contribution in [1.29, 1.82) is 0 Å². The second-order valence-corrected chi connectivity index (χ2v) is 3.83. The Labute approximate surface area is 74.6 Å². The molecule has 1 aliphatic rings. The van der Waals surface area contributed by atoms with Gasteiger partial charge in [-0.25, -0.2) is 0 Å². The molecule has 1 aromatic carbocycles. The quantitative estimate of drug-likeness (QED) is 0.591. The maximum Gasteiger partial charge on any atom is -0.0184 e. The third kappa shape index (κ3) is 1.16.